The molecule has 14 heteroatoms. The van der Waals surface area contributed by atoms with Crippen LogP contribution < -0.4 is 4.90 Å². The molecule has 0 aliphatic rings. The lowest BCUT2D eigenvalue weighted by atomic mass is 10.1. The first-order valence-corrected chi connectivity index (χ1v) is 10.6. The van der Waals surface area contributed by atoms with Crippen LogP contribution in [0.1, 0.15) is 20.8 Å². The number of fused-ring (bicyclic) bond motifs is 3. The van der Waals surface area contributed by atoms with Crippen LogP contribution in [0, 0.1) is 11.6 Å². The number of anilines is 1. The first-order valence-electron chi connectivity index (χ1n) is 8.28. The Morgan fingerprint density at radius 1 is 1.10 bits per heavy atom. The van der Waals surface area contributed by atoms with Crippen molar-refractivity contribution in [2.45, 2.75) is 36.6 Å². The lowest BCUT2D eigenvalue weighted by Crippen LogP contribution is -2.34. The van der Waals surface area contributed by atoms with Crippen molar-refractivity contribution in [1.82, 2.24) is 15.0 Å². The van der Waals surface area contributed by atoms with Gasteiger partial charge in [0.2, 0.25) is 15.9 Å². The fraction of sp³-hybridized carbons (Fsp3) is 0.312. The number of ether oxygens (including phenoxy) is 1. The minimum atomic E-state index is -3.49. The molecule has 0 saturated heterocycles. The monoisotopic (exact) mass is 462 g/mol. The number of H-pyrrole nitrogens is 1. The van der Waals surface area contributed by atoms with Crippen molar-refractivity contribution in [1.29, 1.82) is 0 Å². The number of carbonyl (C=O) groups is 1. The highest BCUT2D eigenvalue weighted by Gasteiger charge is 2.27. The van der Waals surface area contributed by atoms with E-state index in [-0.39, 0.29) is 16.9 Å². The first kappa shape index (κ1) is 21.8. The average Bonchev–Trinajstić information content (AvgIpc) is 3.01. The van der Waals surface area contributed by atoms with Crippen molar-refractivity contribution in [3.05, 3.63) is 17.7 Å². The van der Waals surface area contributed by atoms with Crippen molar-refractivity contribution >= 4 is 55.1 Å². The van der Waals surface area contributed by atoms with Crippen molar-refractivity contribution in [3.8, 4) is 0 Å². The molecule has 1 aromatic carbocycles. The van der Waals surface area contributed by atoms with Gasteiger partial charge < -0.3 is 9.72 Å². The summed E-state index contributed by atoms with van der Waals surface area (Å²) in [5, 5.41) is -2.60. The van der Waals surface area contributed by atoms with Crippen LogP contribution in [0.3, 0.4) is 0 Å². The van der Waals surface area contributed by atoms with Gasteiger partial charge >= 0.3 is 6.09 Å². The zero-order valence-corrected chi connectivity index (χ0v) is 17.8. The van der Waals surface area contributed by atoms with Crippen LogP contribution in [-0.4, -0.2) is 50.5 Å². The molecule has 30 heavy (non-hydrogen) atoms. The Bertz CT molecular complexity index is 1340. The quantitative estimate of drug-likeness (QED) is 0.304. The Morgan fingerprint density at radius 3 is 2.27 bits per heavy atom. The number of hydrogen-bond acceptors (Lipinski definition) is 8. The van der Waals surface area contributed by atoms with Crippen LogP contribution in [0.5, 0.6) is 0 Å². The van der Waals surface area contributed by atoms with E-state index < -0.39 is 65.7 Å². The molecule has 0 unspecified atom stereocenters. The van der Waals surface area contributed by atoms with Gasteiger partial charge in [0.1, 0.15) is 11.2 Å². The molecule has 3 rings (SSSR count). The maximum atomic E-state index is 14.7. The molecule has 0 aliphatic heterocycles. The molecule has 0 radical (unpaired) electrons. The number of nitrogens with zero attached hydrogens (tertiary/aromatic N) is 3. The summed E-state index contributed by atoms with van der Waals surface area (Å²) < 4.78 is 80.0. The van der Waals surface area contributed by atoms with Gasteiger partial charge in [-0.25, -0.2) is 40.4 Å². The minimum Gasteiger partial charge on any atom is -0.443 e. The van der Waals surface area contributed by atoms with Crippen LogP contribution in [0.2, 0.25) is 0 Å². The molecule has 2 heterocycles. The molecule has 0 atom stereocenters. The van der Waals surface area contributed by atoms with Crippen LogP contribution in [0.15, 0.2) is 16.2 Å². The third-order valence-electron chi connectivity index (χ3n) is 3.94. The summed E-state index contributed by atoms with van der Waals surface area (Å²) in [5.74, 6) is -2.79. The van der Waals surface area contributed by atoms with Crippen molar-refractivity contribution in [2.75, 3.05) is 11.9 Å². The van der Waals surface area contributed by atoms with Gasteiger partial charge in [-0.1, -0.05) is 0 Å². The van der Waals surface area contributed by atoms with Gasteiger partial charge in [-0.05, 0) is 20.8 Å². The topological polar surface area (TPSA) is 139 Å². The fourth-order valence-corrected chi connectivity index (χ4v) is 3.78. The number of hydrogen-bond donors (Lipinski definition) is 3. The van der Waals surface area contributed by atoms with Crippen LogP contribution in [0.4, 0.5) is 19.3 Å². The molecule has 0 fully saturated rings. The number of nitrogens with one attached hydrogen (secondary N) is 1. The minimum absolute atomic E-state index is 0.184. The van der Waals surface area contributed by atoms with Crippen molar-refractivity contribution < 1.29 is 35.1 Å². The second kappa shape index (κ2) is 7.43. The van der Waals surface area contributed by atoms with Gasteiger partial charge in [-0.2, -0.15) is 0 Å². The smallest absolute Gasteiger partial charge is 0.414 e. The van der Waals surface area contributed by atoms with E-state index in [1.165, 1.54) is 7.05 Å². The van der Waals surface area contributed by atoms with Gasteiger partial charge in [0.15, 0.2) is 27.4 Å². The van der Waals surface area contributed by atoms with E-state index in [9.17, 15) is 30.4 Å². The number of amides is 1. The number of rotatable bonds is 3. The van der Waals surface area contributed by atoms with Gasteiger partial charge in [-0.3, -0.25) is 4.90 Å². The summed E-state index contributed by atoms with van der Waals surface area (Å²) >= 11 is 0. The van der Waals surface area contributed by atoms with Crippen molar-refractivity contribution in [3.63, 3.8) is 0 Å². The summed E-state index contributed by atoms with van der Waals surface area (Å²) in [4.78, 5) is 23.0. The molecule has 10 nitrogen and oxygen atoms in total. The van der Waals surface area contributed by atoms with E-state index in [0.29, 0.717) is 0 Å². The molecule has 0 saturated carbocycles. The van der Waals surface area contributed by atoms with Gasteiger partial charge in [0.25, 0.3) is 0 Å². The number of carbonyl (C=O) groups excluding carboxylic acids is 1. The highest BCUT2D eigenvalue weighted by atomic mass is 32.2. The number of aromatic nitrogens is 3. The molecule has 0 spiro atoms. The Labute approximate surface area is 171 Å². The molecule has 3 aromatic rings. The van der Waals surface area contributed by atoms with Gasteiger partial charge in [0.05, 0.1) is 22.0 Å². The third-order valence-corrected chi connectivity index (χ3v) is 5.13. The van der Waals surface area contributed by atoms with E-state index in [1.807, 2.05) is 0 Å². The molecule has 0 aliphatic carbocycles. The number of halogens is 2. The standard InChI is InChI=1S/C16H16F2N4O6S2/c1-16(2,3)28-15(23)22(4)7-5-6(17)10(18)8-9-12(19-11(7)8)20-14(30(26)27)21-13(9)29(24)25/h5,29-30H,1-4H3,(H,19,20,21). The van der Waals surface area contributed by atoms with E-state index >= 15 is 0 Å². The Morgan fingerprint density at radius 2 is 1.73 bits per heavy atom. The van der Waals surface area contributed by atoms with E-state index in [0.717, 1.165) is 11.0 Å². The summed E-state index contributed by atoms with van der Waals surface area (Å²) in [6.45, 7) is 4.84. The number of thiol groups is 2. The lowest BCUT2D eigenvalue weighted by Gasteiger charge is -2.25. The summed E-state index contributed by atoms with van der Waals surface area (Å²) in [7, 11) is -5.61. The Balaban J connectivity index is 2.41. The first-order chi connectivity index (χ1) is 13.8. The molecule has 162 valence electrons. The summed E-state index contributed by atoms with van der Waals surface area (Å²) in [6, 6.07) is 0.719. The van der Waals surface area contributed by atoms with E-state index in [1.54, 1.807) is 20.8 Å². The van der Waals surface area contributed by atoms with Gasteiger partial charge in [-0.15, -0.1) is 0 Å². The maximum absolute atomic E-state index is 14.7. The van der Waals surface area contributed by atoms with E-state index in [2.05, 4.69) is 15.0 Å². The maximum Gasteiger partial charge on any atom is 0.414 e. The van der Waals surface area contributed by atoms with Crippen molar-refractivity contribution in [2.24, 2.45) is 0 Å². The predicted octanol–water partition coefficient (Wildman–Crippen LogP) is 1.70. The van der Waals surface area contributed by atoms with Crippen LogP contribution in [0.25, 0.3) is 21.9 Å². The lowest BCUT2D eigenvalue weighted by molar-refractivity contribution is 0.0589. The van der Waals surface area contributed by atoms with E-state index in [4.69, 9.17) is 4.74 Å². The highest BCUT2D eigenvalue weighted by molar-refractivity contribution is 7.73. The molecule has 0 bridgehead atoms. The predicted molar refractivity (Wildman–Crippen MR) is 103 cm³/mol. The second-order valence-corrected chi connectivity index (χ2v) is 9.04. The summed E-state index contributed by atoms with van der Waals surface area (Å²) in [6.07, 6.45) is -0.891. The summed E-state index contributed by atoms with van der Waals surface area (Å²) in [5.41, 5.74) is -1.61. The number of aromatic amines is 1. The molecular weight excluding hydrogens is 446 g/mol. The highest BCUT2D eigenvalue weighted by Crippen LogP contribution is 2.37. The average molecular weight is 462 g/mol. The van der Waals surface area contributed by atoms with Gasteiger partial charge in [0, 0.05) is 13.1 Å². The Kier molecular flexibility index (Phi) is 5.41. The Hall–Kier alpha value is -2.87. The fourth-order valence-electron chi connectivity index (χ4n) is 2.76. The van der Waals surface area contributed by atoms with Crippen LogP contribution >= 0.6 is 0 Å². The SMILES string of the molecule is CN(C(=O)OC(C)(C)C)c1cc(F)c(F)c2c1[nH]c1nc([SH](=O)=O)nc([SH](=O)=O)c12. The largest absolute Gasteiger partial charge is 0.443 e. The zero-order valence-electron chi connectivity index (χ0n) is 16.0. The normalized spacial score (nSPS) is 12.3. The molecular formula is C16H16F2N4O6S2. The molecule has 2 aromatic heterocycles. The zero-order chi connectivity index (χ0) is 22.5. The molecule has 1 N–H and O–H groups in total. The van der Waals surface area contributed by atoms with Crippen LogP contribution in [-0.2, 0) is 26.1 Å². The number of benzene rings is 1. The second-order valence-electron chi connectivity index (χ2n) is 7.19. The third kappa shape index (κ3) is 3.79. The molecule has 1 amide bonds.